The monoisotopic (exact) mass is 442 g/mol. The molecule has 0 bridgehead atoms. The Balaban J connectivity index is 0.000000534. The lowest BCUT2D eigenvalue weighted by atomic mass is 9.83. The van der Waals surface area contributed by atoms with Crippen LogP contribution in [-0.4, -0.2) is 65.1 Å². The van der Waals surface area contributed by atoms with Crippen LogP contribution in [0.4, 0.5) is 5.69 Å². The number of rotatable bonds is 7. The molecule has 32 heavy (non-hydrogen) atoms. The largest absolute Gasteiger partial charge is 0.497 e. The van der Waals surface area contributed by atoms with Crippen molar-refractivity contribution in [1.29, 1.82) is 0 Å². The first-order chi connectivity index (χ1) is 15.3. The number of aliphatic carboxylic acids is 2. The minimum absolute atomic E-state index is 0.211. The number of carboxylic acid groups (broad SMARTS) is 2. The van der Waals surface area contributed by atoms with Crippen LogP contribution in [0.1, 0.15) is 25.3 Å². The summed E-state index contributed by atoms with van der Waals surface area (Å²) in [6.45, 7) is 4.61. The van der Waals surface area contributed by atoms with E-state index in [1.54, 1.807) is 14.0 Å². The highest BCUT2D eigenvalue weighted by Crippen LogP contribution is 2.29. The summed E-state index contributed by atoms with van der Waals surface area (Å²) >= 11 is 0. The summed E-state index contributed by atoms with van der Waals surface area (Å²) in [6, 6.07) is 18.4. The van der Waals surface area contributed by atoms with Gasteiger partial charge in [0.1, 0.15) is 5.75 Å². The summed E-state index contributed by atoms with van der Waals surface area (Å²) in [5, 5.41) is 18.3. The van der Waals surface area contributed by atoms with Crippen LogP contribution in [0.3, 0.4) is 0 Å². The van der Waals surface area contributed by atoms with E-state index in [2.05, 4.69) is 40.5 Å². The lowest BCUT2D eigenvalue weighted by Crippen LogP contribution is -2.53. The standard InChI is InChI=1S/C22H28N2O2.C2H2O4/c1-18(25)22(23-20-9-6-10-21(17-20)26-2)12-15-24(16-13-22)14-11-19-7-4-3-5-8-19;3-1(4)2(5)6/h3-10,17,23H,11-16H2,1-2H3;(H,3,4)(H,5,6). The van der Waals surface area contributed by atoms with E-state index in [1.807, 2.05) is 24.3 Å². The van der Waals surface area contributed by atoms with Gasteiger partial charge >= 0.3 is 11.9 Å². The van der Waals surface area contributed by atoms with Gasteiger partial charge in [0, 0.05) is 31.4 Å². The maximum absolute atomic E-state index is 12.5. The minimum atomic E-state index is -1.82. The first-order valence-electron chi connectivity index (χ1n) is 10.4. The normalized spacial score (nSPS) is 15.1. The van der Waals surface area contributed by atoms with Crippen molar-refractivity contribution in [1.82, 2.24) is 4.90 Å². The maximum atomic E-state index is 12.5. The van der Waals surface area contributed by atoms with Crippen molar-refractivity contribution in [3.05, 3.63) is 60.2 Å². The van der Waals surface area contributed by atoms with Crippen molar-refractivity contribution in [3.63, 3.8) is 0 Å². The van der Waals surface area contributed by atoms with Gasteiger partial charge in [-0.2, -0.15) is 0 Å². The summed E-state index contributed by atoms with van der Waals surface area (Å²) in [5.74, 6) is -2.64. The van der Waals surface area contributed by atoms with Gasteiger partial charge in [0.2, 0.25) is 0 Å². The lowest BCUT2D eigenvalue weighted by Gasteiger charge is -2.41. The summed E-state index contributed by atoms with van der Waals surface area (Å²) in [4.78, 5) is 33.1. The minimum Gasteiger partial charge on any atom is -0.497 e. The van der Waals surface area contributed by atoms with Gasteiger partial charge in [0.05, 0.1) is 12.6 Å². The zero-order valence-corrected chi connectivity index (χ0v) is 18.4. The van der Waals surface area contributed by atoms with E-state index in [1.165, 1.54) is 5.56 Å². The number of nitrogens with zero attached hydrogens (tertiary/aromatic N) is 1. The predicted octanol–water partition coefficient (Wildman–Crippen LogP) is 2.93. The molecule has 3 N–H and O–H groups in total. The van der Waals surface area contributed by atoms with E-state index >= 15 is 0 Å². The highest BCUT2D eigenvalue weighted by atomic mass is 16.5. The fourth-order valence-corrected chi connectivity index (χ4v) is 3.63. The second-order valence-electron chi connectivity index (χ2n) is 7.68. The molecule has 1 aliphatic rings. The molecule has 8 heteroatoms. The number of piperidine rings is 1. The fraction of sp³-hybridized carbons (Fsp3) is 0.375. The van der Waals surface area contributed by atoms with Crippen molar-refractivity contribution in [2.45, 2.75) is 31.7 Å². The number of ether oxygens (including phenoxy) is 1. The molecule has 1 aliphatic heterocycles. The molecule has 0 spiro atoms. The topological polar surface area (TPSA) is 116 Å². The summed E-state index contributed by atoms with van der Waals surface area (Å²) in [7, 11) is 1.66. The maximum Gasteiger partial charge on any atom is 0.414 e. The van der Waals surface area contributed by atoms with Crippen molar-refractivity contribution in [2.75, 3.05) is 32.1 Å². The first-order valence-corrected chi connectivity index (χ1v) is 10.4. The Morgan fingerprint density at radius 2 is 1.62 bits per heavy atom. The molecule has 172 valence electrons. The van der Waals surface area contributed by atoms with E-state index in [0.29, 0.717) is 0 Å². The Labute approximate surface area is 187 Å². The second-order valence-corrected chi connectivity index (χ2v) is 7.68. The number of carboxylic acids is 2. The molecule has 2 aromatic carbocycles. The number of carbonyl (C=O) groups is 3. The zero-order chi connectivity index (χ0) is 23.6. The van der Waals surface area contributed by atoms with Crippen LogP contribution in [0, 0.1) is 0 Å². The number of nitrogens with one attached hydrogen (secondary N) is 1. The van der Waals surface area contributed by atoms with Crippen molar-refractivity contribution in [2.24, 2.45) is 0 Å². The smallest absolute Gasteiger partial charge is 0.414 e. The van der Waals surface area contributed by atoms with Gasteiger partial charge in [-0.1, -0.05) is 36.4 Å². The molecule has 2 aromatic rings. The molecule has 3 rings (SSSR count). The summed E-state index contributed by atoms with van der Waals surface area (Å²) < 4.78 is 5.30. The van der Waals surface area contributed by atoms with Gasteiger partial charge in [-0.15, -0.1) is 0 Å². The molecule has 8 nitrogen and oxygen atoms in total. The Kier molecular flexibility index (Phi) is 9.22. The molecular formula is C24H30N2O6. The van der Waals surface area contributed by atoms with Crippen LogP contribution in [0.5, 0.6) is 5.75 Å². The van der Waals surface area contributed by atoms with E-state index in [4.69, 9.17) is 24.5 Å². The van der Waals surface area contributed by atoms with Gasteiger partial charge in [0.15, 0.2) is 5.78 Å². The lowest BCUT2D eigenvalue weighted by molar-refractivity contribution is -0.159. The van der Waals surface area contributed by atoms with Gasteiger partial charge in [-0.25, -0.2) is 9.59 Å². The number of carbonyl (C=O) groups excluding carboxylic acids is 1. The quantitative estimate of drug-likeness (QED) is 0.561. The number of likely N-dealkylation sites (tertiary alicyclic amines) is 1. The van der Waals surface area contributed by atoms with Crippen LogP contribution in [-0.2, 0) is 20.8 Å². The SMILES string of the molecule is COc1cccc(NC2(C(C)=O)CCN(CCc3ccccc3)CC2)c1.O=C(O)C(=O)O. The Hall–Kier alpha value is -3.39. The van der Waals surface area contributed by atoms with Crippen LogP contribution < -0.4 is 10.1 Å². The molecule has 0 saturated carbocycles. The average molecular weight is 443 g/mol. The molecule has 1 heterocycles. The van der Waals surface area contributed by atoms with Crippen LogP contribution in [0.25, 0.3) is 0 Å². The van der Waals surface area contributed by atoms with Gasteiger partial charge in [-0.3, -0.25) is 4.79 Å². The molecule has 0 radical (unpaired) electrons. The number of hydrogen-bond acceptors (Lipinski definition) is 6. The highest BCUT2D eigenvalue weighted by Gasteiger charge is 2.38. The molecule has 0 unspecified atom stereocenters. The van der Waals surface area contributed by atoms with Crippen LogP contribution in [0.2, 0.25) is 0 Å². The number of anilines is 1. The summed E-state index contributed by atoms with van der Waals surface area (Å²) in [6.07, 6.45) is 2.71. The second kappa shape index (κ2) is 11.9. The fourth-order valence-electron chi connectivity index (χ4n) is 3.63. The number of Topliss-reactive ketones (excluding diaryl/α,β-unsaturated/α-hetero) is 1. The highest BCUT2D eigenvalue weighted by molar-refractivity contribution is 6.27. The number of ketones is 1. The number of hydrogen-bond donors (Lipinski definition) is 3. The Morgan fingerprint density at radius 3 is 2.16 bits per heavy atom. The van der Waals surface area contributed by atoms with E-state index in [-0.39, 0.29) is 5.78 Å². The van der Waals surface area contributed by atoms with Crippen molar-refractivity contribution >= 4 is 23.4 Å². The molecule has 0 amide bonds. The summed E-state index contributed by atoms with van der Waals surface area (Å²) in [5.41, 5.74) is 1.83. The van der Waals surface area contributed by atoms with E-state index < -0.39 is 17.5 Å². The molecule has 0 aliphatic carbocycles. The van der Waals surface area contributed by atoms with Gasteiger partial charge in [0.25, 0.3) is 0 Å². The third-order valence-corrected chi connectivity index (χ3v) is 5.58. The van der Waals surface area contributed by atoms with Crippen molar-refractivity contribution < 1.29 is 29.3 Å². The predicted molar refractivity (Wildman–Crippen MR) is 121 cm³/mol. The molecule has 1 saturated heterocycles. The Bertz CT molecular complexity index is 896. The van der Waals surface area contributed by atoms with Gasteiger partial charge in [-0.05, 0) is 43.9 Å². The van der Waals surface area contributed by atoms with E-state index in [9.17, 15) is 4.79 Å². The van der Waals surface area contributed by atoms with E-state index in [0.717, 1.165) is 50.3 Å². The number of methoxy groups -OCH3 is 1. The van der Waals surface area contributed by atoms with Gasteiger partial charge < -0.3 is 25.2 Å². The van der Waals surface area contributed by atoms with Crippen LogP contribution >= 0.6 is 0 Å². The first kappa shape index (κ1) is 24.9. The van der Waals surface area contributed by atoms with Crippen LogP contribution in [0.15, 0.2) is 54.6 Å². The Morgan fingerprint density at radius 1 is 1.00 bits per heavy atom. The number of benzene rings is 2. The zero-order valence-electron chi connectivity index (χ0n) is 18.4. The van der Waals surface area contributed by atoms with Crippen molar-refractivity contribution in [3.8, 4) is 5.75 Å². The third-order valence-electron chi connectivity index (χ3n) is 5.58. The molecular weight excluding hydrogens is 412 g/mol. The molecule has 0 aromatic heterocycles. The average Bonchev–Trinajstić information content (AvgIpc) is 2.79. The molecule has 0 atom stereocenters. The molecule has 1 fully saturated rings. The third kappa shape index (κ3) is 7.39.